The molecule has 2 rings (SSSR count). The molecule has 0 fully saturated rings. The summed E-state index contributed by atoms with van der Waals surface area (Å²) in [5.74, 6) is 1.18. The Bertz CT molecular complexity index is 677. The maximum absolute atomic E-state index is 6.31. The molecular formula is C17H18Cl3NO2. The molecule has 0 saturated carbocycles. The second-order valence-electron chi connectivity index (χ2n) is 4.94. The van der Waals surface area contributed by atoms with Crippen LogP contribution in [0.2, 0.25) is 15.1 Å². The third-order valence-corrected chi connectivity index (χ3v) is 4.00. The Hall–Kier alpha value is -1.29. The summed E-state index contributed by atoms with van der Waals surface area (Å²) >= 11 is 18.4. The van der Waals surface area contributed by atoms with Crippen molar-refractivity contribution in [2.24, 2.45) is 0 Å². The van der Waals surface area contributed by atoms with Crippen LogP contribution in [0.25, 0.3) is 0 Å². The van der Waals surface area contributed by atoms with Gasteiger partial charge in [-0.25, -0.2) is 0 Å². The van der Waals surface area contributed by atoms with E-state index in [1.165, 1.54) is 0 Å². The molecule has 0 aromatic heterocycles. The summed E-state index contributed by atoms with van der Waals surface area (Å²) in [4.78, 5) is 0. The highest BCUT2D eigenvalue weighted by atomic mass is 35.5. The van der Waals surface area contributed by atoms with Crippen LogP contribution in [-0.4, -0.2) is 13.7 Å². The second kappa shape index (κ2) is 8.53. The number of nitrogens with one attached hydrogen (secondary N) is 1. The van der Waals surface area contributed by atoms with Gasteiger partial charge in [-0.05, 0) is 42.3 Å². The lowest BCUT2D eigenvalue weighted by Crippen LogP contribution is -2.03. The van der Waals surface area contributed by atoms with Crippen molar-refractivity contribution >= 4 is 40.5 Å². The summed E-state index contributed by atoms with van der Waals surface area (Å²) in [7, 11) is 1.59. The Morgan fingerprint density at radius 3 is 2.52 bits per heavy atom. The first-order valence-corrected chi connectivity index (χ1v) is 8.36. The fourth-order valence-corrected chi connectivity index (χ4v) is 2.69. The molecule has 0 aliphatic heterocycles. The van der Waals surface area contributed by atoms with E-state index in [0.29, 0.717) is 39.7 Å². The number of hydrogen-bond donors (Lipinski definition) is 1. The van der Waals surface area contributed by atoms with Gasteiger partial charge in [0.1, 0.15) is 0 Å². The smallest absolute Gasteiger partial charge is 0.179 e. The first kappa shape index (κ1) is 18.1. The summed E-state index contributed by atoms with van der Waals surface area (Å²) in [5, 5.41) is 4.99. The van der Waals surface area contributed by atoms with E-state index in [1.54, 1.807) is 25.3 Å². The zero-order valence-corrected chi connectivity index (χ0v) is 15.2. The normalized spacial score (nSPS) is 10.5. The molecule has 0 radical (unpaired) electrons. The van der Waals surface area contributed by atoms with Crippen molar-refractivity contribution in [1.29, 1.82) is 0 Å². The van der Waals surface area contributed by atoms with E-state index in [2.05, 4.69) is 5.32 Å². The van der Waals surface area contributed by atoms with Gasteiger partial charge < -0.3 is 14.8 Å². The molecule has 0 bridgehead atoms. The fourth-order valence-electron chi connectivity index (χ4n) is 2.05. The molecule has 0 spiro atoms. The highest BCUT2D eigenvalue weighted by Crippen LogP contribution is 2.37. The Morgan fingerprint density at radius 2 is 1.83 bits per heavy atom. The highest BCUT2D eigenvalue weighted by Gasteiger charge is 2.12. The van der Waals surface area contributed by atoms with Crippen molar-refractivity contribution in [3.63, 3.8) is 0 Å². The first-order chi connectivity index (χ1) is 11.0. The zero-order valence-electron chi connectivity index (χ0n) is 13.0. The molecule has 2 aromatic carbocycles. The van der Waals surface area contributed by atoms with Gasteiger partial charge in [-0.3, -0.25) is 0 Å². The number of ether oxygens (including phenoxy) is 2. The van der Waals surface area contributed by atoms with Gasteiger partial charge in [0, 0.05) is 11.6 Å². The van der Waals surface area contributed by atoms with Crippen LogP contribution in [0.1, 0.15) is 18.9 Å². The van der Waals surface area contributed by atoms with Crippen LogP contribution in [-0.2, 0) is 6.54 Å². The van der Waals surface area contributed by atoms with Crippen LogP contribution < -0.4 is 14.8 Å². The van der Waals surface area contributed by atoms with Crippen LogP contribution in [0, 0.1) is 0 Å². The summed E-state index contributed by atoms with van der Waals surface area (Å²) in [6.07, 6.45) is 0.899. The number of anilines is 1. The van der Waals surface area contributed by atoms with Crippen LogP contribution in [0.4, 0.5) is 5.69 Å². The van der Waals surface area contributed by atoms with E-state index in [1.807, 2.05) is 19.1 Å². The van der Waals surface area contributed by atoms with Gasteiger partial charge in [0.25, 0.3) is 0 Å². The van der Waals surface area contributed by atoms with Crippen molar-refractivity contribution < 1.29 is 9.47 Å². The number of benzene rings is 2. The van der Waals surface area contributed by atoms with Crippen molar-refractivity contribution in [3.8, 4) is 11.5 Å². The second-order valence-corrected chi connectivity index (χ2v) is 6.19. The summed E-state index contributed by atoms with van der Waals surface area (Å²) < 4.78 is 11.0. The Balaban J connectivity index is 2.17. The molecule has 23 heavy (non-hydrogen) atoms. The lowest BCUT2D eigenvalue weighted by atomic mass is 10.2. The predicted octanol–water partition coefficient (Wildman–Crippen LogP) is 6.06. The third-order valence-electron chi connectivity index (χ3n) is 3.15. The third kappa shape index (κ3) is 4.84. The number of halogens is 3. The van der Waals surface area contributed by atoms with E-state index >= 15 is 0 Å². The van der Waals surface area contributed by atoms with Gasteiger partial charge in [-0.2, -0.15) is 0 Å². The molecule has 0 saturated heterocycles. The van der Waals surface area contributed by atoms with Crippen molar-refractivity contribution in [3.05, 3.63) is 51.0 Å². The molecule has 1 N–H and O–H groups in total. The minimum absolute atomic E-state index is 0.520. The van der Waals surface area contributed by atoms with Crippen molar-refractivity contribution in [2.75, 3.05) is 19.0 Å². The molecule has 0 aliphatic rings. The monoisotopic (exact) mass is 373 g/mol. The fraction of sp³-hybridized carbons (Fsp3) is 0.294. The molecule has 0 aliphatic carbocycles. The van der Waals surface area contributed by atoms with E-state index in [4.69, 9.17) is 44.3 Å². The lowest BCUT2D eigenvalue weighted by molar-refractivity contribution is 0.294. The Labute approximate surface area is 151 Å². The topological polar surface area (TPSA) is 30.5 Å². The van der Waals surface area contributed by atoms with E-state index in [-0.39, 0.29) is 0 Å². The van der Waals surface area contributed by atoms with Crippen LogP contribution in [0.3, 0.4) is 0 Å². The van der Waals surface area contributed by atoms with Crippen LogP contribution in [0.15, 0.2) is 30.3 Å². The summed E-state index contributed by atoms with van der Waals surface area (Å²) in [6.45, 7) is 3.16. The van der Waals surface area contributed by atoms with Crippen LogP contribution in [0.5, 0.6) is 11.5 Å². The molecule has 0 atom stereocenters. The average Bonchev–Trinajstić information content (AvgIpc) is 2.54. The van der Waals surface area contributed by atoms with Crippen LogP contribution >= 0.6 is 34.8 Å². The summed E-state index contributed by atoms with van der Waals surface area (Å²) in [6, 6.07) is 9.01. The molecular weight excluding hydrogens is 357 g/mol. The average molecular weight is 375 g/mol. The number of hydrogen-bond acceptors (Lipinski definition) is 3. The minimum Gasteiger partial charge on any atom is -0.493 e. The van der Waals surface area contributed by atoms with E-state index in [0.717, 1.165) is 17.7 Å². The van der Waals surface area contributed by atoms with Gasteiger partial charge in [0.05, 0.1) is 29.4 Å². The molecule has 0 heterocycles. The lowest BCUT2D eigenvalue weighted by Gasteiger charge is -2.15. The predicted molar refractivity (Wildman–Crippen MR) is 97.6 cm³/mol. The van der Waals surface area contributed by atoms with Crippen molar-refractivity contribution in [1.82, 2.24) is 0 Å². The van der Waals surface area contributed by atoms with Gasteiger partial charge in [0.2, 0.25) is 0 Å². The summed E-state index contributed by atoms with van der Waals surface area (Å²) in [5.41, 5.74) is 1.72. The maximum Gasteiger partial charge on any atom is 0.179 e. The quantitative estimate of drug-likeness (QED) is 0.639. The largest absolute Gasteiger partial charge is 0.493 e. The number of rotatable bonds is 7. The molecule has 124 valence electrons. The highest BCUT2D eigenvalue weighted by molar-refractivity contribution is 6.35. The minimum atomic E-state index is 0.520. The maximum atomic E-state index is 6.31. The van der Waals surface area contributed by atoms with Gasteiger partial charge in [-0.1, -0.05) is 41.7 Å². The molecule has 0 amide bonds. The molecule has 0 unspecified atom stereocenters. The number of methoxy groups -OCH3 is 1. The Morgan fingerprint density at radius 1 is 1.04 bits per heavy atom. The molecule has 6 heteroatoms. The Kier molecular flexibility index (Phi) is 6.70. The molecule has 2 aromatic rings. The zero-order chi connectivity index (χ0) is 16.8. The van der Waals surface area contributed by atoms with Gasteiger partial charge in [-0.15, -0.1) is 0 Å². The SMILES string of the molecule is CCCOc1c(Cl)cc(CNc2cc(Cl)ccc2Cl)cc1OC. The van der Waals surface area contributed by atoms with E-state index in [9.17, 15) is 0 Å². The van der Waals surface area contributed by atoms with Crippen molar-refractivity contribution in [2.45, 2.75) is 19.9 Å². The van der Waals surface area contributed by atoms with Gasteiger partial charge in [0.15, 0.2) is 11.5 Å². The van der Waals surface area contributed by atoms with E-state index < -0.39 is 0 Å². The first-order valence-electron chi connectivity index (χ1n) is 7.23. The van der Waals surface area contributed by atoms with Gasteiger partial charge >= 0.3 is 0 Å². The molecule has 3 nitrogen and oxygen atoms in total. The standard InChI is InChI=1S/C17H18Cl3NO2/c1-3-6-23-17-14(20)7-11(8-16(17)22-2)10-21-15-9-12(18)4-5-13(15)19/h4-5,7-9,21H,3,6,10H2,1-2H3.